The highest BCUT2D eigenvalue weighted by molar-refractivity contribution is 5.93. The predicted octanol–water partition coefficient (Wildman–Crippen LogP) is 2.47. The number of amides is 1. The molecule has 1 aromatic rings. The van der Waals surface area contributed by atoms with Crippen LogP contribution in [0.15, 0.2) is 18.2 Å². The normalized spacial score (nSPS) is 16.2. The molecule has 0 aromatic heterocycles. The van der Waals surface area contributed by atoms with Crippen molar-refractivity contribution in [1.82, 2.24) is 5.06 Å². The Morgan fingerprint density at radius 1 is 1.25 bits per heavy atom. The zero-order valence-corrected chi connectivity index (χ0v) is 9.82. The molecule has 0 aliphatic carbocycles. The molecule has 1 heterocycles. The maximum Gasteiger partial charge on any atom is 0.277 e. The molecule has 0 radical (unpaired) electrons. The minimum Gasteiger partial charge on any atom is -0.271 e. The summed E-state index contributed by atoms with van der Waals surface area (Å²) in [6.45, 7) is 5.41. The van der Waals surface area contributed by atoms with E-state index in [2.05, 4.69) is 0 Å². The molecule has 0 spiro atoms. The lowest BCUT2D eigenvalue weighted by Crippen LogP contribution is -2.35. The number of carbonyl (C=O) groups is 1. The van der Waals surface area contributed by atoms with Gasteiger partial charge in [-0.25, -0.2) is 5.06 Å². The first-order valence-electron chi connectivity index (χ1n) is 5.70. The number of rotatable bonds is 1. The standard InChI is InChI=1S/C13H17NO2/c1-10-5-6-12(9-11(10)2)13(15)14-7-3-4-8-16-14/h5-6,9H,3-4,7-8H2,1-2H3. The van der Waals surface area contributed by atoms with Gasteiger partial charge in [0.15, 0.2) is 0 Å². The summed E-state index contributed by atoms with van der Waals surface area (Å²) in [5, 5.41) is 1.48. The second-order valence-electron chi connectivity index (χ2n) is 4.25. The van der Waals surface area contributed by atoms with Gasteiger partial charge in [-0.2, -0.15) is 0 Å². The molecule has 1 amide bonds. The van der Waals surface area contributed by atoms with E-state index in [1.54, 1.807) is 0 Å². The van der Waals surface area contributed by atoms with Crippen molar-refractivity contribution in [3.63, 3.8) is 0 Å². The second kappa shape index (κ2) is 4.66. The average Bonchev–Trinajstić information content (AvgIpc) is 2.33. The van der Waals surface area contributed by atoms with Crippen molar-refractivity contribution in [2.45, 2.75) is 26.7 Å². The third kappa shape index (κ3) is 2.25. The van der Waals surface area contributed by atoms with Crippen molar-refractivity contribution >= 4 is 5.91 Å². The van der Waals surface area contributed by atoms with Gasteiger partial charge in [-0.15, -0.1) is 0 Å². The first-order chi connectivity index (χ1) is 7.68. The van der Waals surface area contributed by atoms with Crippen LogP contribution in [-0.2, 0) is 4.84 Å². The zero-order valence-electron chi connectivity index (χ0n) is 9.82. The Balaban J connectivity index is 2.16. The van der Waals surface area contributed by atoms with Crippen LogP contribution >= 0.6 is 0 Å². The van der Waals surface area contributed by atoms with Gasteiger partial charge in [0, 0.05) is 12.1 Å². The highest BCUT2D eigenvalue weighted by Gasteiger charge is 2.19. The molecule has 86 valence electrons. The Kier molecular flexibility index (Phi) is 3.25. The molecule has 0 bridgehead atoms. The molecule has 16 heavy (non-hydrogen) atoms. The monoisotopic (exact) mass is 219 g/mol. The number of benzene rings is 1. The molecule has 1 fully saturated rings. The minimum absolute atomic E-state index is 0.0252. The van der Waals surface area contributed by atoms with Crippen molar-refractivity contribution in [3.05, 3.63) is 34.9 Å². The van der Waals surface area contributed by atoms with Crippen LogP contribution < -0.4 is 0 Å². The largest absolute Gasteiger partial charge is 0.277 e. The molecule has 0 atom stereocenters. The van der Waals surface area contributed by atoms with Gasteiger partial charge in [0.25, 0.3) is 5.91 Å². The Labute approximate surface area is 96.0 Å². The van der Waals surface area contributed by atoms with E-state index in [0.29, 0.717) is 18.7 Å². The fraction of sp³-hybridized carbons (Fsp3) is 0.462. The maximum absolute atomic E-state index is 12.1. The van der Waals surface area contributed by atoms with E-state index in [9.17, 15) is 4.79 Å². The number of hydrogen-bond acceptors (Lipinski definition) is 2. The molecule has 3 nitrogen and oxygen atoms in total. The fourth-order valence-corrected chi connectivity index (χ4v) is 1.78. The van der Waals surface area contributed by atoms with Gasteiger partial charge in [0.05, 0.1) is 6.61 Å². The van der Waals surface area contributed by atoms with Crippen molar-refractivity contribution in [1.29, 1.82) is 0 Å². The summed E-state index contributed by atoms with van der Waals surface area (Å²) in [7, 11) is 0. The highest BCUT2D eigenvalue weighted by atomic mass is 16.7. The lowest BCUT2D eigenvalue weighted by Gasteiger charge is -2.26. The predicted molar refractivity (Wildman–Crippen MR) is 62.1 cm³/mol. The number of carbonyl (C=O) groups excluding carboxylic acids is 1. The quantitative estimate of drug-likeness (QED) is 0.726. The molecule has 2 rings (SSSR count). The smallest absolute Gasteiger partial charge is 0.271 e. The van der Waals surface area contributed by atoms with Crippen molar-refractivity contribution in [3.8, 4) is 0 Å². The van der Waals surface area contributed by atoms with E-state index in [0.717, 1.165) is 18.4 Å². The molecule has 0 unspecified atom stereocenters. The SMILES string of the molecule is Cc1ccc(C(=O)N2CCCCO2)cc1C. The van der Waals surface area contributed by atoms with Crippen LogP contribution in [0, 0.1) is 13.8 Å². The number of aryl methyl sites for hydroxylation is 2. The first-order valence-corrected chi connectivity index (χ1v) is 5.70. The van der Waals surface area contributed by atoms with Crippen molar-refractivity contribution in [2.24, 2.45) is 0 Å². The zero-order chi connectivity index (χ0) is 11.5. The maximum atomic E-state index is 12.1. The molecular formula is C13H17NO2. The lowest BCUT2D eigenvalue weighted by atomic mass is 10.1. The first kappa shape index (κ1) is 11.1. The minimum atomic E-state index is -0.0252. The summed E-state index contributed by atoms with van der Waals surface area (Å²) in [4.78, 5) is 17.4. The number of hydrogen-bond donors (Lipinski definition) is 0. The van der Waals surface area contributed by atoms with E-state index in [1.165, 1.54) is 10.6 Å². The molecule has 1 saturated heterocycles. The van der Waals surface area contributed by atoms with Crippen LogP contribution in [0.3, 0.4) is 0 Å². The topological polar surface area (TPSA) is 29.5 Å². The molecule has 1 aliphatic rings. The van der Waals surface area contributed by atoms with E-state index in [1.807, 2.05) is 32.0 Å². The summed E-state index contributed by atoms with van der Waals surface area (Å²) in [5.41, 5.74) is 3.06. The molecule has 0 saturated carbocycles. The summed E-state index contributed by atoms with van der Waals surface area (Å²) in [6, 6.07) is 5.77. The summed E-state index contributed by atoms with van der Waals surface area (Å²) in [5.74, 6) is -0.0252. The van der Waals surface area contributed by atoms with Gasteiger partial charge in [0.1, 0.15) is 0 Å². The molecule has 3 heteroatoms. The van der Waals surface area contributed by atoms with Gasteiger partial charge in [-0.1, -0.05) is 6.07 Å². The molecule has 1 aromatic carbocycles. The van der Waals surface area contributed by atoms with Gasteiger partial charge in [-0.3, -0.25) is 9.63 Å². The van der Waals surface area contributed by atoms with Gasteiger partial charge in [0.2, 0.25) is 0 Å². The fourth-order valence-electron chi connectivity index (χ4n) is 1.78. The highest BCUT2D eigenvalue weighted by Crippen LogP contribution is 2.14. The van der Waals surface area contributed by atoms with Crippen molar-refractivity contribution in [2.75, 3.05) is 13.2 Å². The summed E-state index contributed by atoms with van der Waals surface area (Å²) >= 11 is 0. The Morgan fingerprint density at radius 3 is 2.69 bits per heavy atom. The van der Waals surface area contributed by atoms with Crippen LogP contribution in [0.25, 0.3) is 0 Å². The number of hydroxylamine groups is 2. The molecule has 0 N–H and O–H groups in total. The van der Waals surface area contributed by atoms with Crippen molar-refractivity contribution < 1.29 is 9.63 Å². The van der Waals surface area contributed by atoms with Crippen LogP contribution in [-0.4, -0.2) is 24.1 Å². The Morgan fingerprint density at radius 2 is 2.06 bits per heavy atom. The average molecular weight is 219 g/mol. The van der Waals surface area contributed by atoms with E-state index >= 15 is 0 Å². The number of nitrogens with zero attached hydrogens (tertiary/aromatic N) is 1. The molecule has 1 aliphatic heterocycles. The van der Waals surface area contributed by atoms with E-state index < -0.39 is 0 Å². The molecular weight excluding hydrogens is 202 g/mol. The Hall–Kier alpha value is -1.35. The van der Waals surface area contributed by atoms with Crippen LogP contribution in [0.2, 0.25) is 0 Å². The summed E-state index contributed by atoms with van der Waals surface area (Å²) < 4.78 is 0. The second-order valence-corrected chi connectivity index (χ2v) is 4.25. The lowest BCUT2D eigenvalue weighted by molar-refractivity contribution is -0.144. The van der Waals surface area contributed by atoms with E-state index in [-0.39, 0.29) is 5.91 Å². The van der Waals surface area contributed by atoms with Gasteiger partial charge < -0.3 is 0 Å². The van der Waals surface area contributed by atoms with Gasteiger partial charge >= 0.3 is 0 Å². The van der Waals surface area contributed by atoms with Crippen LogP contribution in [0.4, 0.5) is 0 Å². The Bertz CT molecular complexity index is 395. The van der Waals surface area contributed by atoms with Crippen LogP contribution in [0.5, 0.6) is 0 Å². The third-order valence-corrected chi connectivity index (χ3v) is 2.98. The van der Waals surface area contributed by atoms with E-state index in [4.69, 9.17) is 4.84 Å². The third-order valence-electron chi connectivity index (χ3n) is 2.98. The van der Waals surface area contributed by atoms with Gasteiger partial charge in [-0.05, 0) is 49.9 Å². The summed E-state index contributed by atoms with van der Waals surface area (Å²) in [6.07, 6.45) is 2.06. The van der Waals surface area contributed by atoms with Crippen LogP contribution in [0.1, 0.15) is 34.3 Å².